The molecule has 0 atom stereocenters. The smallest absolute Gasteiger partial charge is 0.250 e. The van der Waals surface area contributed by atoms with Crippen LogP contribution in [0.1, 0.15) is 18.1 Å². The number of hydrogen-bond donors (Lipinski definition) is 1. The molecule has 1 amide bonds. The quantitative estimate of drug-likeness (QED) is 0.175. The predicted molar refractivity (Wildman–Crippen MR) is 137 cm³/mol. The Kier molecular flexibility index (Phi) is 8.35. The Morgan fingerprint density at radius 3 is 2.67 bits per heavy atom. The van der Waals surface area contributed by atoms with E-state index in [-0.39, 0.29) is 11.7 Å². The SMILES string of the molecule is CCOc1ccccc1/C=N/NC(=O)CSc1nnc(SCc2cccc3ccccc23)s1. The number of amides is 1. The Morgan fingerprint density at radius 2 is 1.79 bits per heavy atom. The van der Waals surface area contributed by atoms with Crippen LogP contribution in [0.2, 0.25) is 0 Å². The van der Waals surface area contributed by atoms with Crippen molar-refractivity contribution in [2.24, 2.45) is 5.10 Å². The number of hydrogen-bond acceptors (Lipinski definition) is 8. The molecular weight excluding hydrogens is 472 g/mol. The van der Waals surface area contributed by atoms with Crippen LogP contribution >= 0.6 is 34.9 Å². The first kappa shape index (κ1) is 23.3. The summed E-state index contributed by atoms with van der Waals surface area (Å²) in [5.74, 6) is 1.56. The number of carbonyl (C=O) groups is 1. The fourth-order valence-corrected chi connectivity index (χ4v) is 5.90. The van der Waals surface area contributed by atoms with Crippen molar-refractivity contribution >= 4 is 57.8 Å². The highest BCUT2D eigenvalue weighted by Gasteiger charge is 2.10. The summed E-state index contributed by atoms with van der Waals surface area (Å²) in [6.45, 7) is 2.49. The maximum atomic E-state index is 12.1. The van der Waals surface area contributed by atoms with Gasteiger partial charge >= 0.3 is 0 Å². The first-order chi connectivity index (χ1) is 16.2. The van der Waals surface area contributed by atoms with Gasteiger partial charge in [-0.3, -0.25) is 4.79 Å². The van der Waals surface area contributed by atoms with E-state index in [1.165, 1.54) is 39.4 Å². The van der Waals surface area contributed by atoms with E-state index in [9.17, 15) is 4.79 Å². The lowest BCUT2D eigenvalue weighted by molar-refractivity contribution is -0.118. The number of benzene rings is 3. The van der Waals surface area contributed by atoms with Gasteiger partial charge in [0.25, 0.3) is 5.91 Å². The molecule has 0 fully saturated rings. The van der Waals surface area contributed by atoms with E-state index in [0.717, 1.165) is 25.7 Å². The van der Waals surface area contributed by atoms with Crippen molar-refractivity contribution in [1.82, 2.24) is 15.6 Å². The maximum Gasteiger partial charge on any atom is 0.250 e. The second-order valence-corrected chi connectivity index (χ2v) is 10.2. The van der Waals surface area contributed by atoms with Gasteiger partial charge in [0.05, 0.1) is 18.6 Å². The van der Waals surface area contributed by atoms with E-state index in [1.807, 2.05) is 31.2 Å². The summed E-state index contributed by atoms with van der Waals surface area (Å²) in [4.78, 5) is 12.1. The second kappa shape index (κ2) is 11.8. The van der Waals surface area contributed by atoms with Crippen LogP contribution in [-0.4, -0.2) is 34.7 Å². The molecule has 0 aliphatic heterocycles. The molecule has 0 saturated heterocycles. The van der Waals surface area contributed by atoms with Crippen molar-refractivity contribution in [3.63, 3.8) is 0 Å². The number of rotatable bonds is 10. The number of carbonyl (C=O) groups excluding carboxylic acids is 1. The van der Waals surface area contributed by atoms with Gasteiger partial charge in [0.2, 0.25) is 0 Å². The van der Waals surface area contributed by atoms with Crippen LogP contribution in [0.5, 0.6) is 5.75 Å². The monoisotopic (exact) mass is 494 g/mol. The average molecular weight is 495 g/mol. The Bertz CT molecular complexity index is 1250. The number of thioether (sulfide) groups is 2. The summed E-state index contributed by atoms with van der Waals surface area (Å²) in [7, 11) is 0. The van der Waals surface area contributed by atoms with Crippen molar-refractivity contribution in [2.75, 3.05) is 12.4 Å². The highest BCUT2D eigenvalue weighted by atomic mass is 32.2. The first-order valence-corrected chi connectivity index (χ1v) is 13.1. The van der Waals surface area contributed by atoms with E-state index in [2.05, 4.69) is 63.2 Å². The van der Waals surface area contributed by atoms with E-state index >= 15 is 0 Å². The van der Waals surface area contributed by atoms with Gasteiger partial charge in [-0.05, 0) is 35.4 Å². The van der Waals surface area contributed by atoms with Crippen LogP contribution in [0.25, 0.3) is 10.8 Å². The van der Waals surface area contributed by atoms with Gasteiger partial charge in [-0.2, -0.15) is 5.10 Å². The highest BCUT2D eigenvalue weighted by Crippen LogP contribution is 2.32. The minimum atomic E-state index is -0.203. The van der Waals surface area contributed by atoms with Gasteiger partial charge in [0.1, 0.15) is 5.75 Å². The molecule has 0 unspecified atom stereocenters. The molecule has 9 heteroatoms. The predicted octanol–water partition coefficient (Wildman–Crippen LogP) is 5.62. The average Bonchev–Trinajstić information content (AvgIpc) is 3.30. The third-order valence-electron chi connectivity index (χ3n) is 4.56. The Hall–Kier alpha value is -2.88. The number of hydrazone groups is 1. The van der Waals surface area contributed by atoms with Crippen LogP contribution in [-0.2, 0) is 10.5 Å². The third-order valence-corrected chi connectivity index (χ3v) is 7.80. The zero-order valence-corrected chi connectivity index (χ0v) is 20.4. The van der Waals surface area contributed by atoms with E-state index in [0.29, 0.717) is 6.61 Å². The van der Waals surface area contributed by atoms with Gasteiger partial charge in [-0.15, -0.1) is 10.2 Å². The highest BCUT2D eigenvalue weighted by molar-refractivity contribution is 8.03. The van der Waals surface area contributed by atoms with Crippen molar-refractivity contribution in [3.8, 4) is 5.75 Å². The van der Waals surface area contributed by atoms with Gasteiger partial charge in [0.15, 0.2) is 8.68 Å². The topological polar surface area (TPSA) is 76.5 Å². The van der Waals surface area contributed by atoms with E-state index in [4.69, 9.17) is 4.74 Å². The van der Waals surface area contributed by atoms with Crippen LogP contribution in [0, 0.1) is 0 Å². The lowest BCUT2D eigenvalue weighted by Crippen LogP contribution is -2.19. The van der Waals surface area contributed by atoms with Crippen molar-refractivity contribution in [3.05, 3.63) is 77.9 Å². The molecule has 0 radical (unpaired) electrons. The molecule has 168 valence electrons. The fourth-order valence-electron chi connectivity index (χ4n) is 3.08. The summed E-state index contributed by atoms with van der Waals surface area (Å²) in [6.07, 6.45) is 1.58. The molecule has 4 rings (SSSR count). The zero-order chi connectivity index (χ0) is 22.9. The standard InChI is InChI=1S/C24H22N4O2S3/c1-2-30-21-13-6-4-9-18(21)14-25-26-22(29)16-32-24-28-27-23(33-24)31-15-19-11-7-10-17-8-3-5-12-20(17)19/h3-14H,2,15-16H2,1H3,(H,26,29)/b25-14+. The summed E-state index contributed by atoms with van der Waals surface area (Å²) < 4.78 is 7.19. The number of nitrogens with zero attached hydrogens (tertiary/aromatic N) is 3. The minimum absolute atomic E-state index is 0.203. The number of nitrogens with one attached hydrogen (secondary N) is 1. The fraction of sp³-hybridized carbons (Fsp3) is 0.167. The van der Waals surface area contributed by atoms with Crippen LogP contribution in [0.4, 0.5) is 0 Å². The van der Waals surface area contributed by atoms with Crippen LogP contribution < -0.4 is 10.2 Å². The molecule has 33 heavy (non-hydrogen) atoms. The number of aromatic nitrogens is 2. The lowest BCUT2D eigenvalue weighted by Gasteiger charge is -2.05. The molecule has 1 heterocycles. The van der Waals surface area contributed by atoms with Gasteiger partial charge < -0.3 is 4.74 Å². The summed E-state index contributed by atoms with van der Waals surface area (Å²) in [5.41, 5.74) is 4.63. The van der Waals surface area contributed by atoms with Gasteiger partial charge in [-0.1, -0.05) is 89.5 Å². The largest absolute Gasteiger partial charge is 0.493 e. The first-order valence-electron chi connectivity index (χ1n) is 10.3. The molecule has 0 saturated carbocycles. The van der Waals surface area contributed by atoms with E-state index in [1.54, 1.807) is 18.0 Å². The zero-order valence-electron chi connectivity index (χ0n) is 17.9. The lowest BCUT2D eigenvalue weighted by atomic mass is 10.1. The van der Waals surface area contributed by atoms with Crippen molar-refractivity contribution < 1.29 is 9.53 Å². The normalized spacial score (nSPS) is 11.2. The van der Waals surface area contributed by atoms with Crippen LogP contribution in [0.15, 0.2) is 80.5 Å². The second-order valence-electron chi connectivity index (χ2n) is 6.81. The molecule has 0 aliphatic rings. The molecule has 3 aromatic carbocycles. The van der Waals surface area contributed by atoms with Gasteiger partial charge in [-0.25, -0.2) is 5.43 Å². The number of ether oxygens (including phenoxy) is 1. The molecule has 0 spiro atoms. The van der Waals surface area contributed by atoms with Crippen molar-refractivity contribution in [1.29, 1.82) is 0 Å². The summed E-state index contributed by atoms with van der Waals surface area (Å²) in [5, 5.41) is 15.0. The molecule has 6 nitrogen and oxygen atoms in total. The van der Waals surface area contributed by atoms with Crippen LogP contribution in [0.3, 0.4) is 0 Å². The van der Waals surface area contributed by atoms with Crippen molar-refractivity contribution in [2.45, 2.75) is 21.4 Å². The summed E-state index contributed by atoms with van der Waals surface area (Å²) >= 11 is 4.50. The molecule has 1 N–H and O–H groups in total. The maximum absolute atomic E-state index is 12.1. The Labute approximate surface area is 204 Å². The number of para-hydroxylation sites is 1. The Morgan fingerprint density at radius 1 is 1.03 bits per heavy atom. The third kappa shape index (κ3) is 6.56. The molecule has 1 aromatic heterocycles. The molecule has 0 bridgehead atoms. The Balaban J connectivity index is 1.25. The van der Waals surface area contributed by atoms with E-state index < -0.39 is 0 Å². The summed E-state index contributed by atoms with van der Waals surface area (Å²) in [6, 6.07) is 22.3. The van der Waals surface area contributed by atoms with Gasteiger partial charge in [0, 0.05) is 11.3 Å². The molecule has 0 aliphatic carbocycles. The molecule has 4 aromatic rings. The minimum Gasteiger partial charge on any atom is -0.493 e. The molecular formula is C24H22N4O2S3. The number of fused-ring (bicyclic) bond motifs is 1.